The van der Waals surface area contributed by atoms with Crippen molar-refractivity contribution in [3.05, 3.63) is 14.7 Å². The molecule has 0 aliphatic heterocycles. The minimum atomic E-state index is -3.51. The van der Waals surface area contributed by atoms with Crippen molar-refractivity contribution in [1.82, 2.24) is 9.62 Å². The smallest absolute Gasteiger partial charge is 0.242 e. The molecule has 0 saturated heterocycles. The molecule has 0 fully saturated rings. The standard InChI is InChI=1S/C13H23BrN2O3S2/c1-10(2)16(3)7-5-4-6-15-21(18,19)12-8-11(9-17)20-13(12)14/h8,10,15,17H,4-7,9H2,1-3H3. The largest absolute Gasteiger partial charge is 0.391 e. The van der Waals surface area contributed by atoms with Crippen molar-refractivity contribution >= 4 is 37.3 Å². The van der Waals surface area contributed by atoms with Crippen LogP contribution in [0.15, 0.2) is 14.7 Å². The summed E-state index contributed by atoms with van der Waals surface area (Å²) < 4.78 is 27.5. The Morgan fingerprint density at radius 3 is 2.62 bits per heavy atom. The van der Waals surface area contributed by atoms with E-state index in [9.17, 15) is 8.42 Å². The Morgan fingerprint density at radius 2 is 2.10 bits per heavy atom. The molecule has 0 spiro atoms. The normalized spacial score (nSPS) is 12.5. The van der Waals surface area contributed by atoms with Crippen LogP contribution in [-0.4, -0.2) is 44.6 Å². The zero-order valence-electron chi connectivity index (χ0n) is 12.6. The van der Waals surface area contributed by atoms with Crippen molar-refractivity contribution in [3.63, 3.8) is 0 Å². The molecule has 2 N–H and O–H groups in total. The quantitative estimate of drug-likeness (QED) is 0.626. The molecule has 1 heterocycles. The molecule has 0 aliphatic rings. The van der Waals surface area contributed by atoms with Gasteiger partial charge in [-0.1, -0.05) is 0 Å². The molecule has 0 unspecified atom stereocenters. The molecule has 1 aromatic rings. The summed E-state index contributed by atoms with van der Waals surface area (Å²) in [6, 6.07) is 2.00. The molecule has 1 aromatic heterocycles. The third kappa shape index (κ3) is 5.96. The Kier molecular flexibility index (Phi) is 7.80. The molecule has 5 nitrogen and oxygen atoms in total. The van der Waals surface area contributed by atoms with Crippen LogP contribution in [0.4, 0.5) is 0 Å². The van der Waals surface area contributed by atoms with Gasteiger partial charge < -0.3 is 10.0 Å². The van der Waals surface area contributed by atoms with Crippen molar-refractivity contribution in [2.75, 3.05) is 20.1 Å². The second-order valence-corrected chi connectivity index (χ2v) is 9.38. The number of nitrogens with one attached hydrogen (secondary N) is 1. The van der Waals surface area contributed by atoms with Gasteiger partial charge in [0, 0.05) is 17.5 Å². The van der Waals surface area contributed by atoms with E-state index < -0.39 is 10.0 Å². The molecule has 0 aromatic carbocycles. The number of aliphatic hydroxyl groups is 1. The van der Waals surface area contributed by atoms with Gasteiger partial charge in [0.25, 0.3) is 0 Å². The highest BCUT2D eigenvalue weighted by Crippen LogP contribution is 2.31. The highest BCUT2D eigenvalue weighted by atomic mass is 79.9. The van der Waals surface area contributed by atoms with E-state index in [4.69, 9.17) is 5.11 Å². The summed E-state index contributed by atoms with van der Waals surface area (Å²) in [5, 5.41) is 9.05. The lowest BCUT2D eigenvalue weighted by Gasteiger charge is -2.20. The molecule has 8 heteroatoms. The van der Waals surface area contributed by atoms with E-state index in [0.717, 1.165) is 19.4 Å². The molecular formula is C13H23BrN2O3S2. The van der Waals surface area contributed by atoms with Crippen molar-refractivity contribution in [3.8, 4) is 0 Å². The number of unbranched alkanes of at least 4 members (excludes halogenated alkanes) is 1. The summed E-state index contributed by atoms with van der Waals surface area (Å²) in [7, 11) is -1.45. The van der Waals surface area contributed by atoms with Crippen LogP contribution in [0.3, 0.4) is 0 Å². The molecule has 0 saturated carbocycles. The van der Waals surface area contributed by atoms with Gasteiger partial charge in [-0.2, -0.15) is 0 Å². The lowest BCUT2D eigenvalue weighted by Crippen LogP contribution is -2.29. The molecule has 0 radical (unpaired) electrons. The predicted octanol–water partition coefficient (Wildman–Crippen LogP) is 2.40. The van der Waals surface area contributed by atoms with Crippen molar-refractivity contribution in [1.29, 1.82) is 0 Å². The van der Waals surface area contributed by atoms with Crippen LogP contribution in [0.1, 0.15) is 31.6 Å². The zero-order chi connectivity index (χ0) is 16.0. The highest BCUT2D eigenvalue weighted by molar-refractivity contribution is 9.11. The van der Waals surface area contributed by atoms with Crippen molar-refractivity contribution < 1.29 is 13.5 Å². The Bertz CT molecular complexity index is 544. The van der Waals surface area contributed by atoms with E-state index >= 15 is 0 Å². The van der Waals surface area contributed by atoms with E-state index in [1.165, 1.54) is 17.4 Å². The fourth-order valence-corrected chi connectivity index (χ4v) is 5.30. The van der Waals surface area contributed by atoms with Crippen LogP contribution in [-0.2, 0) is 16.6 Å². The molecule has 0 aliphatic carbocycles. The maximum atomic E-state index is 12.2. The summed E-state index contributed by atoms with van der Waals surface area (Å²) in [5.41, 5.74) is 0. The number of halogens is 1. The summed E-state index contributed by atoms with van der Waals surface area (Å²) >= 11 is 4.47. The Labute approximate surface area is 139 Å². The van der Waals surface area contributed by atoms with Gasteiger partial charge in [0.15, 0.2) is 0 Å². The number of aliphatic hydroxyl groups excluding tert-OH is 1. The zero-order valence-corrected chi connectivity index (χ0v) is 15.8. The second-order valence-electron chi connectivity index (χ2n) is 5.19. The number of sulfonamides is 1. The Morgan fingerprint density at radius 1 is 1.43 bits per heavy atom. The van der Waals surface area contributed by atoms with Gasteiger partial charge in [0.2, 0.25) is 10.0 Å². The first kappa shape index (κ1) is 19.1. The monoisotopic (exact) mass is 398 g/mol. The van der Waals surface area contributed by atoms with E-state index in [2.05, 4.69) is 46.4 Å². The van der Waals surface area contributed by atoms with Gasteiger partial charge in [-0.05, 0) is 62.3 Å². The number of hydrogen-bond donors (Lipinski definition) is 2. The summed E-state index contributed by atoms with van der Waals surface area (Å²) in [6.07, 6.45) is 1.74. The van der Waals surface area contributed by atoms with Crippen molar-refractivity contribution in [2.24, 2.45) is 0 Å². The lowest BCUT2D eigenvalue weighted by molar-refractivity contribution is 0.268. The minimum Gasteiger partial charge on any atom is -0.391 e. The molecule has 122 valence electrons. The van der Waals surface area contributed by atoms with E-state index in [1.807, 2.05) is 0 Å². The van der Waals surface area contributed by atoms with Crippen LogP contribution >= 0.6 is 27.3 Å². The molecular weight excluding hydrogens is 376 g/mol. The van der Waals surface area contributed by atoms with Crippen LogP contribution < -0.4 is 4.72 Å². The molecule has 1 rings (SSSR count). The third-order valence-corrected chi connectivity index (χ3v) is 6.96. The van der Waals surface area contributed by atoms with E-state index in [0.29, 0.717) is 21.3 Å². The minimum absolute atomic E-state index is 0.152. The van der Waals surface area contributed by atoms with Gasteiger partial charge in [-0.25, -0.2) is 13.1 Å². The fourth-order valence-electron chi connectivity index (χ4n) is 1.69. The lowest BCUT2D eigenvalue weighted by atomic mass is 10.2. The molecule has 21 heavy (non-hydrogen) atoms. The third-order valence-electron chi connectivity index (χ3n) is 3.26. The molecule has 0 bridgehead atoms. The van der Waals surface area contributed by atoms with Crippen LogP contribution in [0.25, 0.3) is 0 Å². The predicted molar refractivity (Wildman–Crippen MR) is 90.1 cm³/mol. The van der Waals surface area contributed by atoms with Crippen molar-refractivity contribution in [2.45, 2.75) is 44.2 Å². The van der Waals surface area contributed by atoms with Gasteiger partial charge in [0.1, 0.15) is 4.90 Å². The average Bonchev–Trinajstić information content (AvgIpc) is 2.80. The maximum Gasteiger partial charge on any atom is 0.242 e. The SMILES string of the molecule is CC(C)N(C)CCCCNS(=O)(=O)c1cc(CO)sc1Br. The number of nitrogens with zero attached hydrogens (tertiary/aromatic N) is 1. The molecule has 0 amide bonds. The Balaban J connectivity index is 2.45. The maximum absolute atomic E-state index is 12.2. The first-order chi connectivity index (χ1) is 9.77. The van der Waals surface area contributed by atoms with Gasteiger partial charge in [-0.15, -0.1) is 11.3 Å². The number of rotatable bonds is 9. The van der Waals surface area contributed by atoms with E-state index in [1.54, 1.807) is 0 Å². The number of hydrogen-bond acceptors (Lipinski definition) is 5. The van der Waals surface area contributed by atoms with Crippen LogP contribution in [0, 0.1) is 0 Å². The fraction of sp³-hybridized carbons (Fsp3) is 0.692. The topological polar surface area (TPSA) is 69.6 Å². The van der Waals surface area contributed by atoms with Gasteiger partial charge in [0.05, 0.1) is 10.4 Å². The first-order valence-electron chi connectivity index (χ1n) is 6.87. The average molecular weight is 399 g/mol. The summed E-state index contributed by atoms with van der Waals surface area (Å²) in [5.74, 6) is 0. The first-order valence-corrected chi connectivity index (χ1v) is 9.96. The van der Waals surface area contributed by atoms with Crippen LogP contribution in [0.2, 0.25) is 0 Å². The summed E-state index contributed by atoms with van der Waals surface area (Å²) in [6.45, 7) is 5.49. The van der Waals surface area contributed by atoms with Gasteiger partial charge in [-0.3, -0.25) is 0 Å². The summed E-state index contributed by atoms with van der Waals surface area (Å²) in [4.78, 5) is 3.06. The number of thiophene rings is 1. The van der Waals surface area contributed by atoms with Gasteiger partial charge >= 0.3 is 0 Å². The van der Waals surface area contributed by atoms with E-state index in [-0.39, 0.29) is 11.5 Å². The van der Waals surface area contributed by atoms with Crippen LogP contribution in [0.5, 0.6) is 0 Å². The Hall–Kier alpha value is 0.01000. The second kappa shape index (κ2) is 8.59. The highest BCUT2D eigenvalue weighted by Gasteiger charge is 2.20. The molecule has 0 atom stereocenters.